The molecule has 0 saturated carbocycles. The summed E-state index contributed by atoms with van der Waals surface area (Å²) >= 11 is 0. The molecular formula is C9H16S5. The molecule has 0 radical (unpaired) electrons. The van der Waals surface area contributed by atoms with Crippen LogP contribution in [-0.4, -0.2) is 22.5 Å². The zero-order valence-corrected chi connectivity index (χ0v) is 12.4. The SMILES string of the molecule is C=CCSSSCC(C)SSCC=C. The third-order valence-corrected chi connectivity index (χ3v) is 8.35. The second-order valence-electron chi connectivity index (χ2n) is 2.41. The van der Waals surface area contributed by atoms with Crippen LogP contribution in [0.25, 0.3) is 0 Å². The van der Waals surface area contributed by atoms with Crippen molar-refractivity contribution in [3.8, 4) is 0 Å². The molecule has 0 aliphatic carbocycles. The van der Waals surface area contributed by atoms with Crippen molar-refractivity contribution in [3.05, 3.63) is 25.3 Å². The quantitative estimate of drug-likeness (QED) is 0.308. The molecule has 0 spiro atoms. The number of hydrogen-bond donors (Lipinski definition) is 0. The monoisotopic (exact) mass is 284 g/mol. The van der Waals surface area contributed by atoms with Crippen LogP contribution in [-0.2, 0) is 0 Å². The van der Waals surface area contributed by atoms with Crippen LogP contribution in [0.1, 0.15) is 6.92 Å². The first-order chi connectivity index (χ1) is 6.81. The van der Waals surface area contributed by atoms with E-state index < -0.39 is 0 Å². The highest BCUT2D eigenvalue weighted by molar-refractivity contribution is 9.09. The van der Waals surface area contributed by atoms with Gasteiger partial charge in [0.25, 0.3) is 0 Å². The Balaban J connectivity index is 3.13. The zero-order valence-electron chi connectivity index (χ0n) is 8.31. The van der Waals surface area contributed by atoms with Crippen molar-refractivity contribution >= 4 is 53.0 Å². The van der Waals surface area contributed by atoms with Gasteiger partial charge in [-0.3, -0.25) is 0 Å². The lowest BCUT2D eigenvalue weighted by Gasteiger charge is -2.07. The predicted molar refractivity (Wildman–Crippen MR) is 82.4 cm³/mol. The van der Waals surface area contributed by atoms with Crippen LogP contribution in [0.4, 0.5) is 0 Å². The number of rotatable bonds is 10. The molecule has 0 N–H and O–H groups in total. The standard InChI is InChI=1S/C9H16S5/c1-4-6-10-13-9(3)8-12-14-11-7-5-2/h4-5,9H,1-2,6-8H2,3H3. The Morgan fingerprint density at radius 3 is 2.36 bits per heavy atom. The summed E-state index contributed by atoms with van der Waals surface area (Å²) in [6.45, 7) is 9.65. The molecule has 0 aromatic rings. The average molecular weight is 285 g/mol. The normalized spacial score (nSPS) is 12.4. The summed E-state index contributed by atoms with van der Waals surface area (Å²) in [4.78, 5) is 0. The molecule has 1 atom stereocenters. The molecule has 0 rings (SSSR count). The fourth-order valence-electron chi connectivity index (χ4n) is 0.465. The Morgan fingerprint density at radius 2 is 1.71 bits per heavy atom. The molecule has 0 heterocycles. The van der Waals surface area contributed by atoms with Gasteiger partial charge in [0.05, 0.1) is 0 Å². The van der Waals surface area contributed by atoms with Crippen molar-refractivity contribution in [2.24, 2.45) is 0 Å². The molecule has 0 amide bonds. The van der Waals surface area contributed by atoms with Crippen LogP contribution in [0.15, 0.2) is 25.3 Å². The maximum atomic E-state index is 3.70. The summed E-state index contributed by atoms with van der Waals surface area (Å²) < 4.78 is 0. The fraction of sp³-hybridized carbons (Fsp3) is 0.556. The lowest BCUT2D eigenvalue weighted by atomic mass is 10.6. The van der Waals surface area contributed by atoms with Crippen molar-refractivity contribution in [2.75, 3.05) is 17.3 Å². The molecule has 0 aliphatic heterocycles. The van der Waals surface area contributed by atoms with Crippen LogP contribution in [0, 0.1) is 0 Å². The van der Waals surface area contributed by atoms with Crippen molar-refractivity contribution in [3.63, 3.8) is 0 Å². The molecule has 1 unspecified atom stereocenters. The van der Waals surface area contributed by atoms with E-state index in [-0.39, 0.29) is 0 Å². The first-order valence-corrected chi connectivity index (χ1v) is 10.4. The topological polar surface area (TPSA) is 0 Å². The fourth-order valence-corrected chi connectivity index (χ4v) is 6.80. The minimum Gasteiger partial charge on any atom is -0.102 e. The van der Waals surface area contributed by atoms with Gasteiger partial charge in [-0.1, -0.05) is 62.3 Å². The minimum atomic E-state index is 0.710. The largest absolute Gasteiger partial charge is 0.102 e. The van der Waals surface area contributed by atoms with E-state index in [0.717, 1.165) is 11.5 Å². The molecule has 0 fully saturated rings. The van der Waals surface area contributed by atoms with Gasteiger partial charge in [0.15, 0.2) is 0 Å². The van der Waals surface area contributed by atoms with E-state index in [1.54, 1.807) is 0 Å². The van der Waals surface area contributed by atoms with Crippen LogP contribution in [0.3, 0.4) is 0 Å². The Morgan fingerprint density at radius 1 is 1.07 bits per heavy atom. The first kappa shape index (κ1) is 15.2. The predicted octanol–water partition coefficient (Wildman–Crippen LogP) is 5.16. The van der Waals surface area contributed by atoms with Gasteiger partial charge in [-0.05, 0) is 9.83 Å². The van der Waals surface area contributed by atoms with E-state index in [1.807, 2.05) is 65.2 Å². The molecule has 0 aromatic heterocycles. The van der Waals surface area contributed by atoms with Gasteiger partial charge in [-0.25, -0.2) is 0 Å². The third-order valence-electron chi connectivity index (χ3n) is 1.00. The van der Waals surface area contributed by atoms with Gasteiger partial charge in [0.2, 0.25) is 0 Å². The molecule has 0 aromatic carbocycles. The van der Waals surface area contributed by atoms with Gasteiger partial charge in [-0.15, -0.1) is 13.2 Å². The summed E-state index contributed by atoms with van der Waals surface area (Å²) in [5.41, 5.74) is 0. The van der Waals surface area contributed by atoms with E-state index in [1.165, 1.54) is 5.75 Å². The van der Waals surface area contributed by atoms with Gasteiger partial charge in [-0.2, -0.15) is 0 Å². The van der Waals surface area contributed by atoms with Crippen molar-refractivity contribution in [1.29, 1.82) is 0 Å². The first-order valence-electron chi connectivity index (χ1n) is 4.22. The Kier molecular flexibility index (Phi) is 13.4. The van der Waals surface area contributed by atoms with E-state index in [2.05, 4.69) is 20.1 Å². The van der Waals surface area contributed by atoms with Crippen molar-refractivity contribution in [2.45, 2.75) is 12.2 Å². The molecule has 14 heavy (non-hydrogen) atoms. The summed E-state index contributed by atoms with van der Waals surface area (Å²) in [7, 11) is 9.48. The smallest absolute Gasteiger partial charge is 0.0223 e. The zero-order chi connectivity index (χ0) is 10.6. The summed E-state index contributed by atoms with van der Waals surface area (Å²) in [5.74, 6) is 3.27. The van der Waals surface area contributed by atoms with E-state index >= 15 is 0 Å². The molecule has 0 saturated heterocycles. The third kappa shape index (κ3) is 11.3. The summed E-state index contributed by atoms with van der Waals surface area (Å²) in [6.07, 6.45) is 3.89. The van der Waals surface area contributed by atoms with Crippen LogP contribution >= 0.6 is 53.0 Å². The van der Waals surface area contributed by atoms with Crippen LogP contribution < -0.4 is 0 Å². The second kappa shape index (κ2) is 12.3. The van der Waals surface area contributed by atoms with E-state index in [4.69, 9.17) is 0 Å². The molecule has 82 valence electrons. The van der Waals surface area contributed by atoms with Gasteiger partial charge >= 0.3 is 0 Å². The lowest BCUT2D eigenvalue weighted by Crippen LogP contribution is -1.95. The molecule has 5 heteroatoms. The second-order valence-corrected chi connectivity index (χ2v) is 9.58. The highest BCUT2D eigenvalue weighted by Gasteiger charge is 2.02. The van der Waals surface area contributed by atoms with Crippen LogP contribution in [0.5, 0.6) is 0 Å². The molecule has 0 aliphatic rings. The summed E-state index contributed by atoms with van der Waals surface area (Å²) in [5, 5.41) is 0.710. The number of hydrogen-bond acceptors (Lipinski definition) is 5. The lowest BCUT2D eigenvalue weighted by molar-refractivity contribution is 1.15. The van der Waals surface area contributed by atoms with Gasteiger partial charge in [0, 0.05) is 22.5 Å². The van der Waals surface area contributed by atoms with E-state index in [0.29, 0.717) is 5.25 Å². The maximum absolute atomic E-state index is 3.70. The summed E-state index contributed by atoms with van der Waals surface area (Å²) in [6, 6.07) is 0. The average Bonchev–Trinajstić information content (AvgIpc) is 2.18. The van der Waals surface area contributed by atoms with Gasteiger partial charge < -0.3 is 0 Å². The molecular weight excluding hydrogens is 268 g/mol. The Bertz CT molecular complexity index is 148. The molecule has 0 nitrogen and oxygen atoms in total. The van der Waals surface area contributed by atoms with E-state index in [9.17, 15) is 0 Å². The highest BCUT2D eigenvalue weighted by atomic mass is 33.5. The minimum absolute atomic E-state index is 0.710. The van der Waals surface area contributed by atoms with Crippen molar-refractivity contribution < 1.29 is 0 Å². The Hall–Kier alpha value is 1.23. The van der Waals surface area contributed by atoms with Crippen molar-refractivity contribution in [1.82, 2.24) is 0 Å². The van der Waals surface area contributed by atoms with Gasteiger partial charge in [0.1, 0.15) is 0 Å². The molecule has 0 bridgehead atoms. The highest BCUT2D eigenvalue weighted by Crippen LogP contribution is 2.38. The van der Waals surface area contributed by atoms with Crippen LogP contribution in [0.2, 0.25) is 0 Å². The maximum Gasteiger partial charge on any atom is 0.0223 e. The Labute approximate surface area is 107 Å².